The van der Waals surface area contributed by atoms with Crippen LogP contribution in [0.15, 0.2) is 30.4 Å². The lowest BCUT2D eigenvalue weighted by Gasteiger charge is -2.17. The Morgan fingerprint density at radius 2 is 1.89 bits per heavy atom. The number of anilines is 1. The quantitative estimate of drug-likeness (QED) is 0.345. The van der Waals surface area contributed by atoms with Gasteiger partial charge in [-0.25, -0.2) is 0 Å². The number of hydrogen-bond donors (Lipinski definition) is 1. The number of non-ortho nitro benzene ring substituents is 1. The van der Waals surface area contributed by atoms with E-state index in [1.807, 2.05) is 12.2 Å². The van der Waals surface area contributed by atoms with Crippen LogP contribution < -0.4 is 10.1 Å². The van der Waals surface area contributed by atoms with Crippen LogP contribution in [0.4, 0.5) is 11.4 Å². The summed E-state index contributed by atoms with van der Waals surface area (Å²) in [6, 6.07) is 3.87. The van der Waals surface area contributed by atoms with E-state index in [1.54, 1.807) is 0 Å². The van der Waals surface area contributed by atoms with Gasteiger partial charge in [-0.2, -0.15) is 0 Å². The van der Waals surface area contributed by atoms with Crippen LogP contribution in [-0.4, -0.2) is 41.2 Å². The summed E-state index contributed by atoms with van der Waals surface area (Å²) in [5.74, 6) is -0.911. The molecule has 28 heavy (non-hydrogen) atoms. The Morgan fingerprint density at radius 3 is 2.46 bits per heavy atom. The maximum absolute atomic E-state index is 12.6. The predicted octanol–water partition coefficient (Wildman–Crippen LogP) is 1.74. The number of fused-ring (bicyclic) bond motifs is 5. The minimum Gasteiger partial charge on any atom is -0.495 e. The smallest absolute Gasteiger partial charge is 0.271 e. The van der Waals surface area contributed by atoms with Gasteiger partial charge in [-0.05, 0) is 24.3 Å². The number of allylic oxidation sites excluding steroid dienone is 2. The number of methoxy groups -OCH3 is 1. The summed E-state index contributed by atoms with van der Waals surface area (Å²) in [4.78, 5) is 49.1. The molecule has 2 bridgehead atoms. The Labute approximate surface area is 160 Å². The minimum absolute atomic E-state index is 0.00676. The highest BCUT2D eigenvalue weighted by Crippen LogP contribution is 2.52. The number of nitrogens with zero attached hydrogens (tertiary/aromatic N) is 2. The van der Waals surface area contributed by atoms with E-state index in [2.05, 4.69) is 5.32 Å². The van der Waals surface area contributed by atoms with Gasteiger partial charge in [0.2, 0.25) is 17.7 Å². The number of carbonyl (C=O) groups excluding carboxylic acids is 3. The third-order valence-electron chi connectivity index (χ3n) is 5.79. The van der Waals surface area contributed by atoms with E-state index in [0.29, 0.717) is 0 Å². The number of ether oxygens (including phenoxy) is 1. The SMILES string of the molecule is COc1ccc([N+](=O)[O-])cc1NC(=O)CCN1C(=O)[C@@H]2[C@@H](C1=O)[C@H]1C=C[C@H]2C1. The van der Waals surface area contributed by atoms with Crippen LogP contribution in [0.5, 0.6) is 5.75 Å². The van der Waals surface area contributed by atoms with Crippen molar-refractivity contribution in [2.24, 2.45) is 23.7 Å². The molecule has 1 aromatic rings. The van der Waals surface area contributed by atoms with Crippen molar-refractivity contribution in [2.75, 3.05) is 19.0 Å². The molecule has 1 saturated heterocycles. The third kappa shape index (κ3) is 2.83. The zero-order valence-corrected chi connectivity index (χ0v) is 15.2. The van der Waals surface area contributed by atoms with Crippen molar-refractivity contribution < 1.29 is 24.0 Å². The van der Waals surface area contributed by atoms with Gasteiger partial charge in [-0.3, -0.25) is 29.4 Å². The third-order valence-corrected chi connectivity index (χ3v) is 5.79. The molecule has 3 aliphatic rings. The van der Waals surface area contributed by atoms with Crippen LogP contribution >= 0.6 is 0 Å². The minimum atomic E-state index is -0.572. The molecule has 0 radical (unpaired) electrons. The summed E-state index contributed by atoms with van der Waals surface area (Å²) >= 11 is 0. The summed E-state index contributed by atoms with van der Waals surface area (Å²) in [6.07, 6.45) is 4.79. The number of likely N-dealkylation sites (tertiary alicyclic amines) is 1. The molecule has 1 saturated carbocycles. The molecule has 2 fully saturated rings. The van der Waals surface area contributed by atoms with Crippen molar-refractivity contribution in [1.82, 2.24) is 4.90 Å². The molecule has 9 nitrogen and oxygen atoms in total. The van der Waals surface area contributed by atoms with E-state index < -0.39 is 10.8 Å². The van der Waals surface area contributed by atoms with E-state index in [-0.39, 0.29) is 65.6 Å². The molecule has 9 heteroatoms. The molecule has 0 aromatic heterocycles. The number of hydrogen-bond acceptors (Lipinski definition) is 6. The molecular formula is C19H19N3O6. The molecule has 146 valence electrons. The monoisotopic (exact) mass is 385 g/mol. The summed E-state index contributed by atoms with van der Waals surface area (Å²) in [5, 5.41) is 13.5. The zero-order chi connectivity index (χ0) is 20.0. The van der Waals surface area contributed by atoms with Gasteiger partial charge in [0.25, 0.3) is 5.69 Å². The standard InChI is InChI=1S/C19H19N3O6/c1-28-14-5-4-12(22(26)27)9-13(14)20-15(23)6-7-21-18(24)16-10-2-3-11(8-10)17(16)19(21)25/h2-5,9-11,16-17H,6-8H2,1H3,(H,20,23)/t10-,11-,16-,17-/m0/s1. The molecule has 4 atom stereocenters. The lowest BCUT2D eigenvalue weighted by Crippen LogP contribution is -2.35. The average molecular weight is 385 g/mol. The second kappa shape index (κ2) is 6.74. The van der Waals surface area contributed by atoms with Crippen molar-refractivity contribution in [3.63, 3.8) is 0 Å². The van der Waals surface area contributed by atoms with Crippen molar-refractivity contribution >= 4 is 29.1 Å². The molecule has 1 aromatic carbocycles. The number of nitro benzene ring substituents is 1. The summed E-state index contributed by atoms with van der Waals surface area (Å²) in [7, 11) is 1.39. The number of amides is 3. The lowest BCUT2D eigenvalue weighted by molar-refractivity contribution is -0.384. The van der Waals surface area contributed by atoms with Gasteiger partial charge in [0.1, 0.15) is 5.75 Å². The summed E-state index contributed by atoms with van der Waals surface area (Å²) in [5.41, 5.74) is -0.0170. The first kappa shape index (κ1) is 18.1. The zero-order valence-electron chi connectivity index (χ0n) is 15.2. The fourth-order valence-electron chi connectivity index (χ4n) is 4.52. The molecule has 0 spiro atoms. The van der Waals surface area contributed by atoms with E-state index in [1.165, 1.54) is 30.2 Å². The molecule has 0 unspecified atom stereocenters. The maximum Gasteiger partial charge on any atom is 0.271 e. The van der Waals surface area contributed by atoms with Gasteiger partial charge in [-0.1, -0.05) is 12.2 Å². The van der Waals surface area contributed by atoms with Crippen LogP contribution in [0.1, 0.15) is 12.8 Å². The highest BCUT2D eigenvalue weighted by molar-refractivity contribution is 6.06. The Kier molecular flexibility index (Phi) is 4.37. The molecular weight excluding hydrogens is 366 g/mol. The van der Waals surface area contributed by atoms with E-state index >= 15 is 0 Å². The normalized spacial score (nSPS) is 27.2. The number of rotatable bonds is 6. The van der Waals surface area contributed by atoms with Crippen molar-refractivity contribution in [3.8, 4) is 5.75 Å². The molecule has 1 aliphatic heterocycles. The van der Waals surface area contributed by atoms with Crippen LogP contribution in [0.3, 0.4) is 0 Å². The summed E-state index contributed by atoms with van der Waals surface area (Å²) < 4.78 is 5.11. The molecule has 2 aliphatic carbocycles. The van der Waals surface area contributed by atoms with Gasteiger partial charge in [0.05, 0.1) is 29.6 Å². The second-order valence-corrected chi connectivity index (χ2v) is 7.27. The Bertz CT molecular complexity index is 881. The van der Waals surface area contributed by atoms with E-state index in [4.69, 9.17) is 4.74 Å². The van der Waals surface area contributed by atoms with Crippen molar-refractivity contribution in [1.29, 1.82) is 0 Å². The Morgan fingerprint density at radius 1 is 1.25 bits per heavy atom. The second-order valence-electron chi connectivity index (χ2n) is 7.27. The molecule has 4 rings (SSSR count). The van der Waals surface area contributed by atoms with Gasteiger partial charge in [-0.15, -0.1) is 0 Å². The highest BCUT2D eigenvalue weighted by Gasteiger charge is 2.59. The number of nitrogens with one attached hydrogen (secondary N) is 1. The van der Waals surface area contributed by atoms with Crippen LogP contribution in [0.2, 0.25) is 0 Å². The average Bonchev–Trinajstić information content (AvgIpc) is 3.34. The predicted molar refractivity (Wildman–Crippen MR) is 97.3 cm³/mol. The first-order valence-electron chi connectivity index (χ1n) is 9.06. The van der Waals surface area contributed by atoms with Crippen LogP contribution in [-0.2, 0) is 14.4 Å². The molecule has 1 N–H and O–H groups in total. The number of benzene rings is 1. The maximum atomic E-state index is 12.6. The van der Waals surface area contributed by atoms with Gasteiger partial charge in [0, 0.05) is 25.1 Å². The van der Waals surface area contributed by atoms with E-state index in [0.717, 1.165) is 6.42 Å². The summed E-state index contributed by atoms with van der Waals surface area (Å²) in [6.45, 7) is -0.00676. The topological polar surface area (TPSA) is 119 Å². The Balaban J connectivity index is 1.41. The lowest BCUT2D eigenvalue weighted by atomic mass is 9.85. The Hall–Kier alpha value is -3.23. The first-order chi connectivity index (χ1) is 13.4. The van der Waals surface area contributed by atoms with Gasteiger partial charge in [0.15, 0.2) is 0 Å². The first-order valence-corrected chi connectivity index (χ1v) is 9.06. The fourth-order valence-corrected chi connectivity index (χ4v) is 4.52. The van der Waals surface area contributed by atoms with Crippen molar-refractivity contribution in [2.45, 2.75) is 12.8 Å². The number of imide groups is 1. The molecule has 3 amide bonds. The van der Waals surface area contributed by atoms with Crippen molar-refractivity contribution in [3.05, 3.63) is 40.5 Å². The largest absolute Gasteiger partial charge is 0.495 e. The van der Waals surface area contributed by atoms with Crippen LogP contribution in [0.25, 0.3) is 0 Å². The van der Waals surface area contributed by atoms with Crippen LogP contribution in [0, 0.1) is 33.8 Å². The van der Waals surface area contributed by atoms with E-state index in [9.17, 15) is 24.5 Å². The van der Waals surface area contributed by atoms with Gasteiger partial charge < -0.3 is 10.1 Å². The number of carbonyl (C=O) groups is 3. The highest BCUT2D eigenvalue weighted by atomic mass is 16.6. The number of nitro groups is 1. The fraction of sp³-hybridized carbons (Fsp3) is 0.421. The van der Waals surface area contributed by atoms with Gasteiger partial charge >= 0.3 is 0 Å². The molecule has 1 heterocycles.